The summed E-state index contributed by atoms with van der Waals surface area (Å²) in [5, 5.41) is 6.28. The first-order chi connectivity index (χ1) is 13.2. The van der Waals surface area contributed by atoms with Gasteiger partial charge in [-0.1, -0.05) is 37.3 Å². The van der Waals surface area contributed by atoms with Crippen molar-refractivity contribution in [1.82, 2.24) is 10.6 Å². The largest absolute Gasteiger partial charge is 0.352 e. The molecule has 0 unspecified atom stereocenters. The molecule has 2 N–H and O–H groups in total. The van der Waals surface area contributed by atoms with Crippen molar-refractivity contribution in [1.29, 1.82) is 0 Å². The van der Waals surface area contributed by atoms with Crippen LogP contribution in [-0.4, -0.2) is 12.5 Å². The Bertz CT molecular complexity index is 907. The Hall–Kier alpha value is -2.50. The molecule has 0 aliphatic rings. The summed E-state index contributed by atoms with van der Waals surface area (Å²) in [5.74, 6) is -0.233. The summed E-state index contributed by atoms with van der Waals surface area (Å²) in [6, 6.07) is 18.5. The van der Waals surface area contributed by atoms with Gasteiger partial charge in [-0.3, -0.25) is 4.79 Å². The summed E-state index contributed by atoms with van der Waals surface area (Å²) >= 11 is 1.59. The quantitative estimate of drug-likeness (QED) is 0.577. The zero-order valence-electron chi connectivity index (χ0n) is 15.3. The molecule has 0 saturated heterocycles. The number of carbonyl (C=O) groups is 1. The molecule has 3 aromatic rings. The molecule has 1 amide bonds. The van der Waals surface area contributed by atoms with Crippen molar-refractivity contribution in [2.45, 2.75) is 26.4 Å². The van der Waals surface area contributed by atoms with Crippen molar-refractivity contribution in [3.8, 4) is 10.4 Å². The Morgan fingerprint density at radius 1 is 1.04 bits per heavy atom. The van der Waals surface area contributed by atoms with E-state index in [1.807, 2.05) is 49.4 Å². The number of rotatable bonds is 8. The highest BCUT2D eigenvalue weighted by atomic mass is 32.1. The summed E-state index contributed by atoms with van der Waals surface area (Å²) in [5.41, 5.74) is 2.38. The first-order valence-electron chi connectivity index (χ1n) is 9.09. The van der Waals surface area contributed by atoms with Gasteiger partial charge >= 0.3 is 0 Å². The maximum absolute atomic E-state index is 13.9. The molecule has 5 heteroatoms. The average Bonchev–Trinajstić information content (AvgIpc) is 3.15. The molecule has 0 bridgehead atoms. The molecule has 3 rings (SSSR count). The standard InChI is InChI=1S/C22H23FN2OS/c1-2-12-25-22(26)17-7-5-6-16(13-17)14-24-15-18-10-11-21(27-18)19-8-3-4-9-20(19)23/h3-11,13,24H,2,12,14-15H2,1H3,(H,25,26). The number of amides is 1. The van der Waals surface area contributed by atoms with E-state index >= 15 is 0 Å². The van der Waals surface area contributed by atoms with E-state index in [1.165, 1.54) is 6.07 Å². The van der Waals surface area contributed by atoms with Crippen LogP contribution in [0, 0.1) is 5.82 Å². The Kier molecular flexibility index (Phi) is 6.74. The lowest BCUT2D eigenvalue weighted by atomic mass is 10.1. The van der Waals surface area contributed by atoms with Crippen molar-refractivity contribution in [2.24, 2.45) is 0 Å². The molecule has 0 radical (unpaired) electrons. The maximum atomic E-state index is 13.9. The van der Waals surface area contributed by atoms with E-state index in [9.17, 15) is 9.18 Å². The molecule has 1 aromatic heterocycles. The number of carbonyl (C=O) groups excluding carboxylic acids is 1. The van der Waals surface area contributed by atoms with Crippen LogP contribution in [0.2, 0.25) is 0 Å². The van der Waals surface area contributed by atoms with Crippen LogP contribution in [0.15, 0.2) is 60.7 Å². The van der Waals surface area contributed by atoms with Gasteiger partial charge in [0.25, 0.3) is 5.91 Å². The van der Waals surface area contributed by atoms with E-state index < -0.39 is 0 Å². The molecule has 2 aromatic carbocycles. The van der Waals surface area contributed by atoms with Crippen LogP contribution >= 0.6 is 11.3 Å². The molecular formula is C22H23FN2OS. The molecule has 1 heterocycles. The van der Waals surface area contributed by atoms with Gasteiger partial charge in [0.2, 0.25) is 0 Å². The Balaban J connectivity index is 1.56. The molecule has 0 spiro atoms. The van der Waals surface area contributed by atoms with Crippen molar-refractivity contribution in [3.05, 3.63) is 82.5 Å². The number of hydrogen-bond acceptors (Lipinski definition) is 3. The lowest BCUT2D eigenvalue weighted by Crippen LogP contribution is -2.24. The Morgan fingerprint density at radius 3 is 2.70 bits per heavy atom. The minimum atomic E-state index is -0.197. The third-order valence-electron chi connectivity index (χ3n) is 4.15. The Morgan fingerprint density at radius 2 is 1.89 bits per heavy atom. The predicted molar refractivity (Wildman–Crippen MR) is 109 cm³/mol. The van der Waals surface area contributed by atoms with E-state index in [1.54, 1.807) is 23.5 Å². The van der Waals surface area contributed by atoms with Crippen molar-refractivity contribution in [3.63, 3.8) is 0 Å². The number of hydrogen-bond donors (Lipinski definition) is 2. The molecule has 0 aliphatic carbocycles. The van der Waals surface area contributed by atoms with Crippen molar-refractivity contribution < 1.29 is 9.18 Å². The average molecular weight is 383 g/mol. The number of halogens is 1. The van der Waals surface area contributed by atoms with Crippen LogP contribution in [0.5, 0.6) is 0 Å². The molecule has 0 atom stereocenters. The van der Waals surface area contributed by atoms with E-state index in [-0.39, 0.29) is 11.7 Å². The Labute approximate surface area is 163 Å². The lowest BCUT2D eigenvalue weighted by molar-refractivity contribution is 0.0953. The van der Waals surface area contributed by atoms with Crippen molar-refractivity contribution in [2.75, 3.05) is 6.54 Å². The van der Waals surface area contributed by atoms with E-state index in [0.717, 1.165) is 21.7 Å². The van der Waals surface area contributed by atoms with Crippen LogP contribution < -0.4 is 10.6 Å². The van der Waals surface area contributed by atoms with Crippen LogP contribution in [0.1, 0.15) is 34.1 Å². The zero-order chi connectivity index (χ0) is 19.1. The fourth-order valence-corrected chi connectivity index (χ4v) is 3.78. The highest BCUT2D eigenvalue weighted by Gasteiger charge is 2.08. The fourth-order valence-electron chi connectivity index (χ4n) is 2.77. The molecule has 3 nitrogen and oxygen atoms in total. The van der Waals surface area contributed by atoms with Crippen LogP contribution in [0.4, 0.5) is 4.39 Å². The highest BCUT2D eigenvalue weighted by molar-refractivity contribution is 7.15. The maximum Gasteiger partial charge on any atom is 0.251 e. The number of nitrogens with one attached hydrogen (secondary N) is 2. The second-order valence-electron chi connectivity index (χ2n) is 6.31. The van der Waals surface area contributed by atoms with Gasteiger partial charge in [0.05, 0.1) is 0 Å². The summed E-state index contributed by atoms with van der Waals surface area (Å²) < 4.78 is 13.9. The van der Waals surface area contributed by atoms with E-state index in [4.69, 9.17) is 0 Å². The van der Waals surface area contributed by atoms with Gasteiger partial charge in [-0.2, -0.15) is 0 Å². The van der Waals surface area contributed by atoms with Gasteiger partial charge in [-0.05, 0) is 42.3 Å². The third kappa shape index (κ3) is 5.25. The molecule has 27 heavy (non-hydrogen) atoms. The summed E-state index contributed by atoms with van der Waals surface area (Å²) in [6.45, 7) is 4.08. The SMILES string of the molecule is CCCNC(=O)c1cccc(CNCc2ccc(-c3ccccc3F)s2)c1. The minimum Gasteiger partial charge on any atom is -0.352 e. The smallest absolute Gasteiger partial charge is 0.251 e. The molecule has 0 aliphatic heterocycles. The summed E-state index contributed by atoms with van der Waals surface area (Å²) in [4.78, 5) is 14.1. The highest BCUT2D eigenvalue weighted by Crippen LogP contribution is 2.29. The van der Waals surface area contributed by atoms with E-state index in [2.05, 4.69) is 10.6 Å². The van der Waals surface area contributed by atoms with Gasteiger partial charge in [0.1, 0.15) is 5.82 Å². The van der Waals surface area contributed by atoms with Gasteiger partial charge in [-0.15, -0.1) is 11.3 Å². The summed E-state index contributed by atoms with van der Waals surface area (Å²) in [6.07, 6.45) is 0.919. The first-order valence-corrected chi connectivity index (χ1v) is 9.90. The third-order valence-corrected chi connectivity index (χ3v) is 5.27. The molecule has 0 fully saturated rings. The van der Waals surface area contributed by atoms with Crippen LogP contribution in [0.3, 0.4) is 0 Å². The summed E-state index contributed by atoms with van der Waals surface area (Å²) in [7, 11) is 0. The second kappa shape index (κ2) is 9.44. The predicted octanol–water partition coefficient (Wildman–Crippen LogP) is 4.98. The fraction of sp³-hybridized carbons (Fsp3) is 0.227. The minimum absolute atomic E-state index is 0.0357. The number of thiophene rings is 1. The lowest BCUT2D eigenvalue weighted by Gasteiger charge is -2.07. The van der Waals surface area contributed by atoms with Gasteiger partial charge in [0.15, 0.2) is 0 Å². The van der Waals surface area contributed by atoms with Crippen molar-refractivity contribution >= 4 is 17.2 Å². The monoisotopic (exact) mass is 382 g/mol. The van der Waals surface area contributed by atoms with Crippen LogP contribution in [-0.2, 0) is 13.1 Å². The number of benzene rings is 2. The van der Waals surface area contributed by atoms with Gasteiger partial charge < -0.3 is 10.6 Å². The topological polar surface area (TPSA) is 41.1 Å². The second-order valence-corrected chi connectivity index (χ2v) is 7.47. The first kappa shape index (κ1) is 19.3. The molecular weight excluding hydrogens is 359 g/mol. The zero-order valence-corrected chi connectivity index (χ0v) is 16.1. The van der Waals surface area contributed by atoms with Gasteiger partial charge in [0, 0.05) is 40.5 Å². The van der Waals surface area contributed by atoms with Crippen LogP contribution in [0.25, 0.3) is 10.4 Å². The molecule has 0 saturated carbocycles. The normalized spacial score (nSPS) is 10.7. The van der Waals surface area contributed by atoms with Gasteiger partial charge in [-0.25, -0.2) is 4.39 Å². The molecule has 140 valence electrons. The van der Waals surface area contributed by atoms with E-state index in [0.29, 0.717) is 30.8 Å².